The van der Waals surface area contributed by atoms with Gasteiger partial charge < -0.3 is 5.11 Å². The monoisotopic (exact) mass is 566 g/mol. The summed E-state index contributed by atoms with van der Waals surface area (Å²) in [7, 11) is 0. The zero-order valence-corrected chi connectivity index (χ0v) is 23.5. The van der Waals surface area contributed by atoms with Crippen LogP contribution in [0.1, 0.15) is 51.7 Å². The fraction of sp³-hybridized carbons (Fsp3) is 0.176. The minimum absolute atomic E-state index is 0.249. The summed E-state index contributed by atoms with van der Waals surface area (Å²) in [5.41, 5.74) is 5.42. The van der Waals surface area contributed by atoms with Crippen molar-refractivity contribution in [3.8, 4) is 22.5 Å². The first-order chi connectivity index (χ1) is 20.7. The molecule has 0 bridgehead atoms. The molecule has 0 spiro atoms. The van der Waals surface area contributed by atoms with Gasteiger partial charge in [-0.15, -0.1) is 0 Å². The summed E-state index contributed by atoms with van der Waals surface area (Å²) in [4.78, 5) is 43.0. The van der Waals surface area contributed by atoms with Crippen molar-refractivity contribution >= 4 is 28.6 Å². The summed E-state index contributed by atoms with van der Waals surface area (Å²) in [5, 5.41) is 15.5. The van der Waals surface area contributed by atoms with Gasteiger partial charge in [-0.2, -0.15) is 9.61 Å². The lowest BCUT2D eigenvalue weighted by Gasteiger charge is -2.55. The van der Waals surface area contributed by atoms with Crippen LogP contribution < -0.4 is 0 Å². The fourth-order valence-electron chi connectivity index (χ4n) is 6.76. The Kier molecular flexibility index (Phi) is 5.24. The first kappa shape index (κ1) is 25.4. The molecule has 1 N–H and O–H groups in total. The average molecular weight is 567 g/mol. The minimum Gasteiger partial charge on any atom is -0.390 e. The predicted octanol–water partition coefficient (Wildman–Crippen LogP) is 5.35. The number of aromatic nitrogens is 5. The number of imide groups is 1. The second-order valence-electron chi connectivity index (χ2n) is 11.8. The Hall–Kier alpha value is -5.28. The number of fused-ring (bicyclic) bond motifs is 4. The molecular formula is C34H26N6O3. The van der Waals surface area contributed by atoms with Crippen LogP contribution >= 0.6 is 0 Å². The minimum atomic E-state index is -1.00. The van der Waals surface area contributed by atoms with Gasteiger partial charge >= 0.3 is 0 Å². The lowest BCUT2D eigenvalue weighted by Crippen LogP contribution is -2.63. The molecule has 0 radical (unpaired) electrons. The van der Waals surface area contributed by atoms with Crippen molar-refractivity contribution in [3.05, 3.63) is 114 Å². The molecule has 2 amide bonds. The van der Waals surface area contributed by atoms with Gasteiger partial charge in [-0.3, -0.25) is 14.5 Å². The van der Waals surface area contributed by atoms with Crippen LogP contribution in [0.5, 0.6) is 0 Å². The van der Waals surface area contributed by atoms with E-state index >= 15 is 0 Å². The number of carbonyl (C=O) groups is 2. The van der Waals surface area contributed by atoms with Gasteiger partial charge in [-0.05, 0) is 31.5 Å². The molecule has 43 heavy (non-hydrogen) atoms. The van der Waals surface area contributed by atoms with Crippen LogP contribution in [-0.2, 0) is 5.54 Å². The Morgan fingerprint density at radius 3 is 2.05 bits per heavy atom. The number of benzene rings is 3. The normalized spacial score (nSPS) is 21.4. The number of hydrogen-bond donors (Lipinski definition) is 1. The van der Waals surface area contributed by atoms with Crippen LogP contribution in [0.15, 0.2) is 91.1 Å². The highest BCUT2D eigenvalue weighted by Crippen LogP contribution is 2.54. The quantitative estimate of drug-likeness (QED) is 0.286. The van der Waals surface area contributed by atoms with Crippen molar-refractivity contribution in [2.75, 3.05) is 0 Å². The van der Waals surface area contributed by atoms with E-state index in [0.29, 0.717) is 39.3 Å². The van der Waals surface area contributed by atoms with E-state index < -0.39 is 11.1 Å². The number of rotatable bonds is 4. The van der Waals surface area contributed by atoms with E-state index in [1.54, 1.807) is 41.9 Å². The number of hydrogen-bond acceptors (Lipinski definition) is 7. The van der Waals surface area contributed by atoms with Crippen molar-refractivity contribution < 1.29 is 14.7 Å². The molecule has 1 aliphatic carbocycles. The molecule has 1 saturated carbocycles. The third kappa shape index (κ3) is 3.74. The molecule has 4 heterocycles. The molecule has 210 valence electrons. The topological polar surface area (TPSA) is 114 Å². The summed E-state index contributed by atoms with van der Waals surface area (Å²) >= 11 is 0. The lowest BCUT2D eigenvalue weighted by molar-refractivity contribution is -0.118. The van der Waals surface area contributed by atoms with Gasteiger partial charge in [-0.1, -0.05) is 66.7 Å². The molecule has 1 fully saturated rings. The maximum absolute atomic E-state index is 13.5. The van der Waals surface area contributed by atoms with E-state index in [9.17, 15) is 14.7 Å². The van der Waals surface area contributed by atoms with Gasteiger partial charge in [0, 0.05) is 30.0 Å². The van der Waals surface area contributed by atoms with E-state index in [-0.39, 0.29) is 24.7 Å². The molecule has 2 aliphatic rings. The zero-order valence-electron chi connectivity index (χ0n) is 23.5. The molecule has 0 saturated heterocycles. The standard InChI is InChI=1S/C34H26N6O3/c1-20-16-27-35-17-26-30(40(27)38-20)37-29(28(36-26)21-8-4-3-5-9-21)22-12-14-23(15-13-22)34(18-33(2,43)19-34)39-31(41)24-10-6-7-11-25(24)32(39)42/h3-17,43H,18-19H2,1-2H3/t33-,34-. The first-order valence-electron chi connectivity index (χ1n) is 14.1. The third-order valence-corrected chi connectivity index (χ3v) is 8.55. The van der Waals surface area contributed by atoms with Crippen LogP contribution in [-0.4, -0.2) is 52.0 Å². The number of amides is 2. The summed E-state index contributed by atoms with van der Waals surface area (Å²) < 4.78 is 1.71. The molecule has 3 aromatic heterocycles. The maximum Gasteiger partial charge on any atom is 0.262 e. The zero-order chi connectivity index (χ0) is 29.5. The number of aliphatic hydroxyl groups is 1. The van der Waals surface area contributed by atoms with E-state index in [2.05, 4.69) is 10.1 Å². The van der Waals surface area contributed by atoms with E-state index in [1.807, 2.05) is 67.6 Å². The molecule has 6 aromatic rings. The van der Waals surface area contributed by atoms with Crippen LogP contribution in [0.2, 0.25) is 0 Å². The molecule has 8 rings (SSSR count). The molecule has 1 aliphatic heterocycles. The van der Waals surface area contributed by atoms with Crippen LogP contribution in [0, 0.1) is 6.92 Å². The highest BCUT2D eigenvalue weighted by Gasteiger charge is 2.60. The Balaban J connectivity index is 1.27. The van der Waals surface area contributed by atoms with Crippen LogP contribution in [0.25, 0.3) is 39.3 Å². The van der Waals surface area contributed by atoms with Crippen LogP contribution in [0.4, 0.5) is 0 Å². The van der Waals surface area contributed by atoms with Gasteiger partial charge in [0.2, 0.25) is 0 Å². The number of nitrogens with zero attached hydrogens (tertiary/aromatic N) is 6. The van der Waals surface area contributed by atoms with E-state index in [4.69, 9.17) is 9.97 Å². The van der Waals surface area contributed by atoms with E-state index in [1.165, 1.54) is 4.90 Å². The predicted molar refractivity (Wildman–Crippen MR) is 160 cm³/mol. The van der Waals surface area contributed by atoms with Crippen LogP contribution in [0.3, 0.4) is 0 Å². The fourth-order valence-corrected chi connectivity index (χ4v) is 6.76. The summed E-state index contributed by atoms with van der Waals surface area (Å²) in [6.07, 6.45) is 2.21. The van der Waals surface area contributed by atoms with Crippen molar-refractivity contribution in [3.63, 3.8) is 0 Å². The SMILES string of the molecule is Cc1cc2ncc3nc(-c4ccccc4)c(-c4ccc([C@]5(N6C(=O)c7ccccc7C6=O)C[C@](C)(O)C5)cc4)nc3n2n1. The van der Waals surface area contributed by atoms with E-state index in [0.717, 1.165) is 22.4 Å². The molecule has 0 unspecified atom stereocenters. The largest absolute Gasteiger partial charge is 0.390 e. The number of carbonyl (C=O) groups excluding carboxylic acids is 2. The lowest BCUT2D eigenvalue weighted by atomic mass is 9.61. The van der Waals surface area contributed by atoms with Gasteiger partial charge in [0.05, 0.1) is 45.5 Å². The van der Waals surface area contributed by atoms with Crippen molar-refractivity contribution in [1.29, 1.82) is 0 Å². The summed E-state index contributed by atoms with van der Waals surface area (Å²) in [6.45, 7) is 3.65. The molecule has 9 nitrogen and oxygen atoms in total. The molecular weight excluding hydrogens is 540 g/mol. The number of aryl methyl sites for hydroxylation is 1. The third-order valence-electron chi connectivity index (χ3n) is 8.55. The summed E-state index contributed by atoms with van der Waals surface area (Å²) in [5.74, 6) is -0.668. The smallest absolute Gasteiger partial charge is 0.262 e. The van der Waals surface area contributed by atoms with Gasteiger partial charge in [0.1, 0.15) is 5.52 Å². The highest BCUT2D eigenvalue weighted by molar-refractivity contribution is 6.22. The van der Waals surface area contributed by atoms with Crippen molar-refractivity contribution in [2.24, 2.45) is 0 Å². The van der Waals surface area contributed by atoms with Gasteiger partial charge in [0.15, 0.2) is 11.3 Å². The van der Waals surface area contributed by atoms with Gasteiger partial charge in [-0.25, -0.2) is 15.0 Å². The Morgan fingerprint density at radius 2 is 1.40 bits per heavy atom. The molecule has 9 heteroatoms. The highest BCUT2D eigenvalue weighted by atomic mass is 16.3. The summed E-state index contributed by atoms with van der Waals surface area (Å²) in [6, 6.07) is 26.4. The van der Waals surface area contributed by atoms with Crippen molar-refractivity contribution in [1.82, 2.24) is 29.5 Å². The first-order valence-corrected chi connectivity index (χ1v) is 14.1. The second-order valence-corrected chi connectivity index (χ2v) is 11.8. The Labute approximate surface area is 246 Å². The average Bonchev–Trinajstić information content (AvgIpc) is 3.52. The molecule has 3 aromatic carbocycles. The van der Waals surface area contributed by atoms with Crippen molar-refractivity contribution in [2.45, 2.75) is 37.8 Å². The maximum atomic E-state index is 13.5. The molecule has 0 atom stereocenters. The Bertz CT molecular complexity index is 2080. The second kappa shape index (κ2) is 8.86. The van der Waals surface area contributed by atoms with Gasteiger partial charge in [0.25, 0.3) is 11.8 Å². The Morgan fingerprint density at radius 1 is 0.791 bits per heavy atom.